The van der Waals surface area contributed by atoms with Crippen LogP contribution in [0.3, 0.4) is 0 Å². The predicted octanol–water partition coefficient (Wildman–Crippen LogP) is 3.67. The highest BCUT2D eigenvalue weighted by Gasteiger charge is 2.53. The van der Waals surface area contributed by atoms with Crippen LogP contribution in [-0.4, -0.2) is 16.2 Å². The molecule has 0 bridgehead atoms. The lowest BCUT2D eigenvalue weighted by molar-refractivity contribution is 0.0222. The van der Waals surface area contributed by atoms with Crippen LogP contribution < -0.4 is 4.74 Å². The number of esters is 1. The van der Waals surface area contributed by atoms with Crippen molar-refractivity contribution in [2.45, 2.75) is 5.60 Å². The van der Waals surface area contributed by atoms with Crippen molar-refractivity contribution >= 4 is 5.97 Å². The second-order valence-electron chi connectivity index (χ2n) is 6.08. The normalized spacial score (nSPS) is 15.8. The second kappa shape index (κ2) is 4.54. The Kier molecular flexibility index (Phi) is 2.53. The number of carbonyl (C=O) groups excluding carboxylic acids is 1. The number of hydrogen-bond donors (Lipinski definition) is 2. The summed E-state index contributed by atoms with van der Waals surface area (Å²) in [4.78, 5) is 12.5. The van der Waals surface area contributed by atoms with Crippen molar-refractivity contribution in [1.82, 2.24) is 0 Å². The Hall–Kier alpha value is -3.47. The maximum atomic E-state index is 12.5. The molecule has 5 rings (SSSR count). The summed E-state index contributed by atoms with van der Waals surface area (Å²) in [5.41, 5.74) is 0.872. The third-order valence-electron chi connectivity index (χ3n) is 4.68. The third kappa shape index (κ3) is 1.69. The smallest absolute Gasteiger partial charge is 0.340 e. The van der Waals surface area contributed by atoms with Crippen LogP contribution in [0.2, 0.25) is 0 Å². The molecule has 25 heavy (non-hydrogen) atoms. The first-order valence-electron chi connectivity index (χ1n) is 7.77. The summed E-state index contributed by atoms with van der Waals surface area (Å²) < 4.78 is 11.8. The van der Waals surface area contributed by atoms with E-state index in [4.69, 9.17) is 9.47 Å². The summed E-state index contributed by atoms with van der Waals surface area (Å²) in [7, 11) is 0. The van der Waals surface area contributed by atoms with Crippen molar-refractivity contribution in [2.75, 3.05) is 0 Å². The predicted molar refractivity (Wildman–Crippen MR) is 88.0 cm³/mol. The molecule has 0 fully saturated rings. The molecule has 122 valence electrons. The minimum absolute atomic E-state index is 0.0331. The van der Waals surface area contributed by atoms with Gasteiger partial charge >= 0.3 is 5.97 Å². The van der Waals surface area contributed by atoms with Gasteiger partial charge in [-0.25, -0.2) is 4.79 Å². The fourth-order valence-electron chi connectivity index (χ4n) is 3.64. The molecule has 0 atom stereocenters. The van der Waals surface area contributed by atoms with Crippen LogP contribution in [0.5, 0.6) is 23.0 Å². The standard InChI is InChI=1S/C20H12O5/c21-11-5-7-17-15(9-11)20(16-10-12(22)6-8-18(16)24-17)14-4-2-1-3-13(14)19(23)25-20/h1-10,21-22H. The van der Waals surface area contributed by atoms with Gasteiger partial charge in [-0.2, -0.15) is 0 Å². The highest BCUT2D eigenvalue weighted by atomic mass is 16.6. The fraction of sp³-hybridized carbons (Fsp3) is 0.0500. The van der Waals surface area contributed by atoms with Gasteiger partial charge in [0.15, 0.2) is 5.60 Å². The van der Waals surface area contributed by atoms with E-state index in [1.807, 2.05) is 12.1 Å². The van der Waals surface area contributed by atoms with Gasteiger partial charge < -0.3 is 19.7 Å². The number of rotatable bonds is 0. The zero-order valence-corrected chi connectivity index (χ0v) is 12.9. The molecule has 2 heterocycles. The number of aromatic hydroxyl groups is 2. The Morgan fingerprint density at radius 2 is 1.36 bits per heavy atom. The van der Waals surface area contributed by atoms with E-state index in [0.29, 0.717) is 33.8 Å². The van der Waals surface area contributed by atoms with Crippen LogP contribution in [0.4, 0.5) is 0 Å². The molecular formula is C20H12O5. The first-order valence-corrected chi connectivity index (χ1v) is 7.77. The SMILES string of the molecule is O=C1OC2(c3cc(O)ccc3Oc3ccc(O)cc32)c2ccccc21. The summed E-state index contributed by atoms with van der Waals surface area (Å²) in [5, 5.41) is 20.0. The molecule has 0 saturated carbocycles. The van der Waals surface area contributed by atoms with Crippen LogP contribution in [0, 0.1) is 0 Å². The summed E-state index contributed by atoms with van der Waals surface area (Å²) in [6, 6.07) is 16.5. The van der Waals surface area contributed by atoms with E-state index in [1.54, 1.807) is 24.3 Å². The van der Waals surface area contributed by atoms with Crippen molar-refractivity contribution in [1.29, 1.82) is 0 Å². The Morgan fingerprint density at radius 1 is 0.760 bits per heavy atom. The Morgan fingerprint density at radius 3 is 2.00 bits per heavy atom. The van der Waals surface area contributed by atoms with Gasteiger partial charge in [0, 0.05) is 5.56 Å². The van der Waals surface area contributed by atoms with Gasteiger partial charge in [-0.3, -0.25) is 0 Å². The third-order valence-corrected chi connectivity index (χ3v) is 4.68. The fourth-order valence-corrected chi connectivity index (χ4v) is 3.64. The van der Waals surface area contributed by atoms with Crippen molar-refractivity contribution < 1.29 is 24.5 Å². The summed E-state index contributed by atoms with van der Waals surface area (Å²) in [6.45, 7) is 0. The molecule has 1 spiro atoms. The highest BCUT2D eigenvalue weighted by molar-refractivity contribution is 5.97. The number of benzene rings is 3. The highest BCUT2D eigenvalue weighted by Crippen LogP contribution is 2.56. The monoisotopic (exact) mass is 332 g/mol. The molecule has 3 aromatic carbocycles. The largest absolute Gasteiger partial charge is 0.508 e. The topological polar surface area (TPSA) is 76.0 Å². The molecule has 0 unspecified atom stereocenters. The lowest BCUT2D eigenvalue weighted by Crippen LogP contribution is -2.32. The van der Waals surface area contributed by atoms with Gasteiger partial charge in [0.25, 0.3) is 0 Å². The van der Waals surface area contributed by atoms with Crippen molar-refractivity contribution in [3.63, 3.8) is 0 Å². The molecule has 0 saturated heterocycles. The van der Waals surface area contributed by atoms with E-state index in [1.165, 1.54) is 24.3 Å². The van der Waals surface area contributed by atoms with Crippen LogP contribution in [0.15, 0.2) is 60.7 Å². The first-order chi connectivity index (χ1) is 12.1. The van der Waals surface area contributed by atoms with Crippen molar-refractivity contribution in [3.05, 3.63) is 82.9 Å². The van der Waals surface area contributed by atoms with Crippen LogP contribution in [-0.2, 0) is 10.3 Å². The number of ether oxygens (including phenoxy) is 2. The molecule has 3 aromatic rings. The summed E-state index contributed by atoms with van der Waals surface area (Å²) in [5.74, 6) is 0.582. The Labute approximate surface area is 142 Å². The van der Waals surface area contributed by atoms with Gasteiger partial charge in [-0.05, 0) is 42.5 Å². The van der Waals surface area contributed by atoms with Crippen LogP contribution in [0.25, 0.3) is 0 Å². The van der Waals surface area contributed by atoms with Gasteiger partial charge in [-0.1, -0.05) is 18.2 Å². The zero-order chi connectivity index (χ0) is 17.2. The maximum Gasteiger partial charge on any atom is 0.340 e. The first kappa shape index (κ1) is 13.9. The number of hydrogen-bond acceptors (Lipinski definition) is 5. The molecule has 2 aliphatic heterocycles. The molecule has 0 radical (unpaired) electrons. The minimum Gasteiger partial charge on any atom is -0.508 e. The second-order valence-corrected chi connectivity index (χ2v) is 6.08. The lowest BCUT2D eigenvalue weighted by atomic mass is 9.77. The Balaban J connectivity index is 1.93. The van der Waals surface area contributed by atoms with Gasteiger partial charge in [-0.15, -0.1) is 0 Å². The average Bonchev–Trinajstić information content (AvgIpc) is 2.91. The summed E-state index contributed by atoms with van der Waals surface area (Å²) >= 11 is 0. The number of fused-ring (bicyclic) bond motifs is 6. The Bertz CT molecular complexity index is 1000. The minimum atomic E-state index is -1.27. The molecule has 2 N–H and O–H groups in total. The van der Waals surface area contributed by atoms with E-state index < -0.39 is 11.6 Å². The molecule has 0 aromatic heterocycles. The maximum absolute atomic E-state index is 12.5. The van der Waals surface area contributed by atoms with Gasteiger partial charge in [0.05, 0.1) is 16.7 Å². The number of phenolic OH excluding ortho intramolecular Hbond substituents is 2. The van der Waals surface area contributed by atoms with E-state index in [9.17, 15) is 15.0 Å². The van der Waals surface area contributed by atoms with E-state index in [0.717, 1.165) is 0 Å². The quantitative estimate of drug-likeness (QED) is 0.614. The van der Waals surface area contributed by atoms with Gasteiger partial charge in [0.2, 0.25) is 0 Å². The van der Waals surface area contributed by atoms with Crippen LogP contribution >= 0.6 is 0 Å². The molecule has 5 nitrogen and oxygen atoms in total. The van der Waals surface area contributed by atoms with Crippen molar-refractivity contribution in [2.24, 2.45) is 0 Å². The molecule has 5 heteroatoms. The molecule has 0 aliphatic carbocycles. The summed E-state index contributed by atoms with van der Waals surface area (Å²) in [6.07, 6.45) is 0. The van der Waals surface area contributed by atoms with Crippen molar-refractivity contribution in [3.8, 4) is 23.0 Å². The molecule has 0 amide bonds. The average molecular weight is 332 g/mol. The van der Waals surface area contributed by atoms with Crippen LogP contribution in [0.1, 0.15) is 27.0 Å². The van der Waals surface area contributed by atoms with E-state index >= 15 is 0 Å². The lowest BCUT2D eigenvalue weighted by Gasteiger charge is -2.36. The zero-order valence-electron chi connectivity index (χ0n) is 12.9. The van der Waals surface area contributed by atoms with E-state index in [2.05, 4.69) is 0 Å². The number of carbonyl (C=O) groups is 1. The van der Waals surface area contributed by atoms with E-state index in [-0.39, 0.29) is 11.5 Å². The number of phenols is 2. The van der Waals surface area contributed by atoms with Gasteiger partial charge in [0.1, 0.15) is 23.0 Å². The molecular weight excluding hydrogens is 320 g/mol. The molecule has 2 aliphatic rings.